The normalized spacial score (nSPS) is 28.3. The minimum Gasteiger partial charge on any atom is -0.330 e. The number of nitrogens with two attached hydrogens (primary N) is 1. The van der Waals surface area contributed by atoms with Gasteiger partial charge in [-0.2, -0.15) is 0 Å². The quantitative estimate of drug-likeness (QED) is 0.802. The molecule has 1 aliphatic carbocycles. The summed E-state index contributed by atoms with van der Waals surface area (Å²) in [5.41, 5.74) is 7.44. The van der Waals surface area contributed by atoms with E-state index in [4.69, 9.17) is 5.73 Å². The fourth-order valence-electron chi connectivity index (χ4n) is 3.28. The molecule has 2 heteroatoms. The summed E-state index contributed by atoms with van der Waals surface area (Å²) in [4.78, 5) is 0. The van der Waals surface area contributed by atoms with Crippen LogP contribution in [0.25, 0.3) is 0 Å². The van der Waals surface area contributed by atoms with E-state index in [0.717, 1.165) is 24.3 Å². The zero-order valence-electron chi connectivity index (χ0n) is 11.2. The van der Waals surface area contributed by atoms with Gasteiger partial charge in [-0.15, -0.1) is 0 Å². The molecule has 0 bridgehead atoms. The first-order chi connectivity index (χ1) is 8.72. The Bertz CT molecular complexity index is 360. The van der Waals surface area contributed by atoms with Gasteiger partial charge in [0.25, 0.3) is 0 Å². The highest BCUT2D eigenvalue weighted by Gasteiger charge is 2.28. The van der Waals surface area contributed by atoms with Crippen LogP contribution in [0.1, 0.15) is 38.2 Å². The minimum absolute atomic E-state index is 0.743. The van der Waals surface area contributed by atoms with Crippen LogP contribution in [-0.4, -0.2) is 6.54 Å². The molecular weight excluding hydrogens is 333 g/mol. The first kappa shape index (κ1) is 14.3. The van der Waals surface area contributed by atoms with Crippen molar-refractivity contribution in [2.75, 3.05) is 6.54 Å². The number of hydrogen-bond acceptors (Lipinski definition) is 1. The van der Waals surface area contributed by atoms with Gasteiger partial charge in [-0.05, 0) is 83.8 Å². The maximum Gasteiger partial charge on any atom is 0.0130 e. The number of halogens is 1. The Morgan fingerprint density at radius 2 is 1.89 bits per heavy atom. The molecular formula is C16H24IN. The smallest absolute Gasteiger partial charge is 0.0130 e. The largest absolute Gasteiger partial charge is 0.330 e. The molecule has 1 nitrogen and oxygen atoms in total. The van der Waals surface area contributed by atoms with Crippen molar-refractivity contribution < 1.29 is 0 Å². The van der Waals surface area contributed by atoms with Gasteiger partial charge in [0, 0.05) is 3.57 Å². The zero-order valence-corrected chi connectivity index (χ0v) is 13.4. The van der Waals surface area contributed by atoms with Gasteiger partial charge in [0.2, 0.25) is 0 Å². The SMILES string of the molecule is CCC1CCC(CN)C(Cc2ccc(I)cc2)C1. The van der Waals surface area contributed by atoms with E-state index < -0.39 is 0 Å². The Kier molecular flexibility index (Phi) is 5.49. The van der Waals surface area contributed by atoms with Crippen molar-refractivity contribution in [3.63, 3.8) is 0 Å². The number of rotatable bonds is 4. The standard InChI is InChI=1S/C16H24IN/c1-2-12-3-6-14(11-18)15(9-12)10-13-4-7-16(17)8-5-13/h4-5,7-8,12,14-15H,2-3,6,9-11,18H2,1H3. The fourth-order valence-corrected chi connectivity index (χ4v) is 3.64. The number of hydrogen-bond donors (Lipinski definition) is 1. The molecule has 0 heterocycles. The molecule has 1 aliphatic rings. The van der Waals surface area contributed by atoms with Crippen molar-refractivity contribution in [3.8, 4) is 0 Å². The molecule has 0 aromatic heterocycles. The van der Waals surface area contributed by atoms with Crippen molar-refractivity contribution in [2.24, 2.45) is 23.5 Å². The Labute approximate surface area is 125 Å². The fraction of sp³-hybridized carbons (Fsp3) is 0.625. The second-order valence-corrected chi connectivity index (χ2v) is 6.92. The maximum absolute atomic E-state index is 5.96. The van der Waals surface area contributed by atoms with Crippen molar-refractivity contribution in [1.82, 2.24) is 0 Å². The zero-order chi connectivity index (χ0) is 13.0. The average molecular weight is 357 g/mol. The minimum atomic E-state index is 0.743. The van der Waals surface area contributed by atoms with Crippen molar-refractivity contribution in [1.29, 1.82) is 0 Å². The molecule has 3 atom stereocenters. The molecule has 18 heavy (non-hydrogen) atoms. The molecule has 1 aromatic rings. The summed E-state index contributed by atoms with van der Waals surface area (Å²) < 4.78 is 1.32. The lowest BCUT2D eigenvalue weighted by Crippen LogP contribution is -2.31. The first-order valence-corrected chi connectivity index (χ1v) is 8.25. The highest BCUT2D eigenvalue weighted by atomic mass is 127. The predicted octanol–water partition coefficient (Wildman–Crippen LogP) is 4.23. The number of benzene rings is 1. The monoisotopic (exact) mass is 357 g/mol. The van der Waals surface area contributed by atoms with Crippen LogP contribution in [0.2, 0.25) is 0 Å². The highest BCUT2D eigenvalue weighted by molar-refractivity contribution is 14.1. The lowest BCUT2D eigenvalue weighted by molar-refractivity contribution is 0.180. The van der Waals surface area contributed by atoms with Crippen molar-refractivity contribution in [3.05, 3.63) is 33.4 Å². The highest BCUT2D eigenvalue weighted by Crippen LogP contribution is 2.36. The van der Waals surface area contributed by atoms with Gasteiger partial charge in [0.05, 0.1) is 0 Å². The molecule has 0 aliphatic heterocycles. The maximum atomic E-state index is 5.96. The molecule has 0 saturated heterocycles. The molecule has 0 amide bonds. The van der Waals surface area contributed by atoms with Gasteiger partial charge in [-0.3, -0.25) is 0 Å². The second-order valence-electron chi connectivity index (χ2n) is 5.67. The molecule has 1 saturated carbocycles. The van der Waals surface area contributed by atoms with E-state index in [1.165, 1.54) is 41.2 Å². The Morgan fingerprint density at radius 3 is 2.50 bits per heavy atom. The summed E-state index contributed by atoms with van der Waals surface area (Å²) in [6.07, 6.45) is 6.66. The third-order valence-corrected chi connectivity index (χ3v) is 5.26. The van der Waals surface area contributed by atoms with E-state index in [-0.39, 0.29) is 0 Å². The van der Waals surface area contributed by atoms with Gasteiger partial charge < -0.3 is 5.73 Å². The Balaban J connectivity index is 2.02. The molecule has 0 spiro atoms. The molecule has 2 rings (SSSR count). The average Bonchev–Trinajstić information content (AvgIpc) is 2.41. The van der Waals surface area contributed by atoms with Crippen LogP contribution in [0.15, 0.2) is 24.3 Å². The molecule has 2 N–H and O–H groups in total. The first-order valence-electron chi connectivity index (χ1n) is 7.17. The van der Waals surface area contributed by atoms with Gasteiger partial charge in [-0.25, -0.2) is 0 Å². The van der Waals surface area contributed by atoms with E-state index in [2.05, 4.69) is 53.8 Å². The third-order valence-electron chi connectivity index (χ3n) is 4.54. The summed E-state index contributed by atoms with van der Waals surface area (Å²) in [5.74, 6) is 2.47. The van der Waals surface area contributed by atoms with E-state index in [9.17, 15) is 0 Å². The second kappa shape index (κ2) is 6.90. The molecule has 3 unspecified atom stereocenters. The summed E-state index contributed by atoms with van der Waals surface area (Å²) in [7, 11) is 0. The van der Waals surface area contributed by atoms with Crippen molar-refractivity contribution in [2.45, 2.75) is 39.0 Å². The third kappa shape index (κ3) is 3.70. The predicted molar refractivity (Wildman–Crippen MR) is 86.5 cm³/mol. The van der Waals surface area contributed by atoms with Crippen LogP contribution in [0.4, 0.5) is 0 Å². The van der Waals surface area contributed by atoms with Gasteiger partial charge in [-0.1, -0.05) is 31.9 Å². The Morgan fingerprint density at radius 1 is 1.17 bits per heavy atom. The molecule has 1 aromatic carbocycles. The van der Waals surface area contributed by atoms with Gasteiger partial charge in [0.1, 0.15) is 0 Å². The van der Waals surface area contributed by atoms with Crippen LogP contribution < -0.4 is 5.73 Å². The van der Waals surface area contributed by atoms with E-state index >= 15 is 0 Å². The summed E-state index contributed by atoms with van der Waals surface area (Å²) in [5, 5.41) is 0. The van der Waals surface area contributed by atoms with Crippen LogP contribution in [0.5, 0.6) is 0 Å². The lowest BCUT2D eigenvalue weighted by Gasteiger charge is -2.35. The van der Waals surface area contributed by atoms with E-state index in [1.807, 2.05) is 0 Å². The molecule has 1 fully saturated rings. The van der Waals surface area contributed by atoms with E-state index in [0.29, 0.717) is 0 Å². The molecule has 100 valence electrons. The topological polar surface area (TPSA) is 26.0 Å². The van der Waals surface area contributed by atoms with Crippen molar-refractivity contribution >= 4 is 22.6 Å². The van der Waals surface area contributed by atoms with Gasteiger partial charge in [0.15, 0.2) is 0 Å². The Hall–Kier alpha value is -0.0900. The van der Waals surface area contributed by atoms with E-state index in [1.54, 1.807) is 0 Å². The van der Waals surface area contributed by atoms with Crippen LogP contribution >= 0.6 is 22.6 Å². The summed E-state index contributed by atoms with van der Waals surface area (Å²) in [6, 6.07) is 9.00. The lowest BCUT2D eigenvalue weighted by atomic mass is 9.71. The molecule has 0 radical (unpaired) electrons. The van der Waals surface area contributed by atoms with Crippen LogP contribution in [0, 0.1) is 21.3 Å². The van der Waals surface area contributed by atoms with Crippen LogP contribution in [-0.2, 0) is 6.42 Å². The van der Waals surface area contributed by atoms with Crippen LogP contribution in [0.3, 0.4) is 0 Å². The summed E-state index contributed by atoms with van der Waals surface area (Å²) >= 11 is 2.37. The summed E-state index contributed by atoms with van der Waals surface area (Å²) in [6.45, 7) is 3.20. The van der Waals surface area contributed by atoms with Gasteiger partial charge >= 0.3 is 0 Å².